The number of rotatable bonds is 3. The van der Waals surface area contributed by atoms with Crippen molar-refractivity contribution in [2.45, 2.75) is 39.2 Å². The van der Waals surface area contributed by atoms with Crippen LogP contribution in [0.5, 0.6) is 0 Å². The van der Waals surface area contributed by atoms with Gasteiger partial charge < -0.3 is 5.73 Å². The van der Waals surface area contributed by atoms with Crippen molar-refractivity contribution < 1.29 is 0 Å². The third kappa shape index (κ3) is 2.59. The Balaban J connectivity index is 2.35. The van der Waals surface area contributed by atoms with Crippen molar-refractivity contribution in [3.8, 4) is 0 Å². The molecule has 2 rings (SSSR count). The van der Waals surface area contributed by atoms with Gasteiger partial charge in [-0.3, -0.25) is 9.58 Å². The van der Waals surface area contributed by atoms with Gasteiger partial charge in [-0.05, 0) is 45.3 Å². The fourth-order valence-corrected chi connectivity index (χ4v) is 3.28. The smallest absolute Gasteiger partial charge is 0.0641 e. The summed E-state index contributed by atoms with van der Waals surface area (Å²) in [7, 11) is 2.00. The van der Waals surface area contributed by atoms with E-state index in [1.807, 2.05) is 11.7 Å². The molecule has 0 bridgehead atoms. The maximum atomic E-state index is 6.02. The molecule has 2 atom stereocenters. The minimum atomic E-state index is 0.455. The molecule has 0 amide bonds. The molecular weight excluding hydrogens is 224 g/mol. The number of hydrogen-bond donors (Lipinski definition) is 1. The van der Waals surface area contributed by atoms with Gasteiger partial charge in [0.1, 0.15) is 0 Å². The number of nitrogens with zero attached hydrogens (tertiary/aromatic N) is 3. The predicted molar refractivity (Wildman–Crippen MR) is 74.3 cm³/mol. The molecule has 0 aliphatic carbocycles. The molecule has 1 saturated heterocycles. The van der Waals surface area contributed by atoms with Gasteiger partial charge in [-0.25, -0.2) is 0 Å². The summed E-state index contributed by atoms with van der Waals surface area (Å²) in [5.74, 6) is 0.565. The Kier molecular flexibility index (Phi) is 4.40. The van der Waals surface area contributed by atoms with Crippen LogP contribution in [-0.4, -0.2) is 34.3 Å². The Morgan fingerprint density at radius 1 is 1.44 bits per heavy atom. The molecule has 0 aromatic carbocycles. The van der Waals surface area contributed by atoms with Crippen LogP contribution in [0.15, 0.2) is 6.20 Å². The quantitative estimate of drug-likeness (QED) is 0.890. The molecule has 4 heteroatoms. The molecule has 1 aromatic heterocycles. The van der Waals surface area contributed by atoms with Crippen molar-refractivity contribution in [3.63, 3.8) is 0 Å². The summed E-state index contributed by atoms with van der Waals surface area (Å²) in [5, 5.41) is 4.50. The highest BCUT2D eigenvalue weighted by molar-refractivity contribution is 5.21. The number of aryl methyl sites for hydroxylation is 2. The fourth-order valence-electron chi connectivity index (χ4n) is 3.28. The van der Waals surface area contributed by atoms with Crippen LogP contribution in [0.25, 0.3) is 0 Å². The Labute approximate surface area is 110 Å². The zero-order chi connectivity index (χ0) is 13.1. The highest BCUT2D eigenvalue weighted by Gasteiger charge is 2.31. The minimum absolute atomic E-state index is 0.455. The van der Waals surface area contributed by atoms with Gasteiger partial charge in [0.05, 0.1) is 5.69 Å². The van der Waals surface area contributed by atoms with Gasteiger partial charge in [-0.2, -0.15) is 5.10 Å². The Bertz CT molecular complexity index is 371. The summed E-state index contributed by atoms with van der Waals surface area (Å²) < 4.78 is 1.93. The van der Waals surface area contributed by atoms with Crippen LogP contribution in [0.2, 0.25) is 0 Å². The van der Waals surface area contributed by atoms with Gasteiger partial charge in [0.25, 0.3) is 0 Å². The maximum Gasteiger partial charge on any atom is 0.0641 e. The molecule has 1 aliphatic rings. The van der Waals surface area contributed by atoms with Crippen LogP contribution in [0.4, 0.5) is 0 Å². The second-order valence-electron chi connectivity index (χ2n) is 5.41. The van der Waals surface area contributed by atoms with E-state index < -0.39 is 0 Å². The molecule has 0 spiro atoms. The molecule has 102 valence electrons. The van der Waals surface area contributed by atoms with E-state index in [4.69, 9.17) is 5.73 Å². The Hall–Kier alpha value is -0.870. The summed E-state index contributed by atoms with van der Waals surface area (Å²) >= 11 is 0. The normalized spacial score (nSPS) is 26.2. The number of nitrogens with two attached hydrogens (primary N) is 1. The third-order valence-corrected chi connectivity index (χ3v) is 4.19. The molecule has 2 N–H and O–H groups in total. The zero-order valence-electron chi connectivity index (χ0n) is 11.9. The number of hydrogen-bond acceptors (Lipinski definition) is 3. The van der Waals surface area contributed by atoms with Crippen molar-refractivity contribution in [2.75, 3.05) is 19.6 Å². The van der Waals surface area contributed by atoms with E-state index in [-0.39, 0.29) is 0 Å². The van der Waals surface area contributed by atoms with E-state index >= 15 is 0 Å². The molecule has 0 saturated carbocycles. The van der Waals surface area contributed by atoms with Gasteiger partial charge in [0.2, 0.25) is 0 Å². The van der Waals surface area contributed by atoms with Crippen molar-refractivity contribution in [3.05, 3.63) is 17.5 Å². The summed E-state index contributed by atoms with van der Waals surface area (Å²) in [6.45, 7) is 7.41. The van der Waals surface area contributed by atoms with E-state index in [9.17, 15) is 0 Å². The van der Waals surface area contributed by atoms with Crippen molar-refractivity contribution in [2.24, 2.45) is 18.7 Å². The van der Waals surface area contributed by atoms with Crippen molar-refractivity contribution >= 4 is 0 Å². The van der Waals surface area contributed by atoms with Gasteiger partial charge in [-0.15, -0.1) is 0 Å². The van der Waals surface area contributed by atoms with Crippen molar-refractivity contribution in [1.29, 1.82) is 0 Å². The van der Waals surface area contributed by atoms with Crippen LogP contribution in [-0.2, 0) is 7.05 Å². The molecule has 2 heterocycles. The van der Waals surface area contributed by atoms with Gasteiger partial charge in [-0.1, -0.05) is 13.3 Å². The van der Waals surface area contributed by atoms with Gasteiger partial charge in [0, 0.05) is 24.8 Å². The highest BCUT2D eigenvalue weighted by atomic mass is 15.3. The summed E-state index contributed by atoms with van der Waals surface area (Å²) in [4.78, 5) is 2.58. The third-order valence-electron chi connectivity index (χ3n) is 4.19. The number of aromatic nitrogens is 2. The topological polar surface area (TPSA) is 47.1 Å². The van der Waals surface area contributed by atoms with E-state index in [2.05, 4.69) is 30.0 Å². The second-order valence-corrected chi connectivity index (χ2v) is 5.41. The zero-order valence-corrected chi connectivity index (χ0v) is 11.9. The lowest BCUT2D eigenvalue weighted by Gasteiger charge is -2.33. The van der Waals surface area contributed by atoms with Crippen LogP contribution in [0.1, 0.15) is 43.5 Å². The summed E-state index contributed by atoms with van der Waals surface area (Å²) in [6.07, 6.45) is 6.01. The monoisotopic (exact) mass is 250 g/mol. The van der Waals surface area contributed by atoms with Gasteiger partial charge >= 0.3 is 0 Å². The van der Waals surface area contributed by atoms with Crippen LogP contribution >= 0.6 is 0 Å². The maximum absolute atomic E-state index is 6.02. The van der Waals surface area contributed by atoms with Gasteiger partial charge in [0.15, 0.2) is 0 Å². The summed E-state index contributed by atoms with van der Waals surface area (Å²) in [6, 6.07) is 0.455. The lowest BCUT2D eigenvalue weighted by molar-refractivity contribution is 0.166. The Morgan fingerprint density at radius 2 is 2.22 bits per heavy atom. The molecule has 4 nitrogen and oxygen atoms in total. The molecule has 1 fully saturated rings. The highest BCUT2D eigenvalue weighted by Crippen LogP contribution is 2.35. The Morgan fingerprint density at radius 3 is 2.78 bits per heavy atom. The molecule has 1 aliphatic heterocycles. The van der Waals surface area contributed by atoms with E-state index in [0.717, 1.165) is 18.8 Å². The standard InChI is InChI=1S/C14H26N4/c1-4-18-8-6-5-7-12(9-15)14(18)13-10-17(3)16-11(13)2/h10,12,14H,4-9,15H2,1-3H3. The minimum Gasteiger partial charge on any atom is -0.330 e. The predicted octanol–water partition coefficient (Wildman–Crippen LogP) is 1.85. The van der Waals surface area contributed by atoms with E-state index in [1.54, 1.807) is 0 Å². The van der Waals surface area contributed by atoms with E-state index in [0.29, 0.717) is 12.0 Å². The van der Waals surface area contributed by atoms with Crippen LogP contribution < -0.4 is 5.73 Å². The summed E-state index contributed by atoms with van der Waals surface area (Å²) in [5.41, 5.74) is 8.55. The van der Waals surface area contributed by atoms with Crippen LogP contribution in [0, 0.1) is 12.8 Å². The number of likely N-dealkylation sites (tertiary alicyclic amines) is 1. The molecule has 0 radical (unpaired) electrons. The fraction of sp³-hybridized carbons (Fsp3) is 0.786. The first kappa shape index (κ1) is 13.6. The first-order valence-corrected chi connectivity index (χ1v) is 7.11. The largest absolute Gasteiger partial charge is 0.330 e. The van der Waals surface area contributed by atoms with Crippen LogP contribution in [0.3, 0.4) is 0 Å². The average Bonchev–Trinajstić information content (AvgIpc) is 2.59. The lowest BCUT2D eigenvalue weighted by Crippen LogP contribution is -2.35. The van der Waals surface area contributed by atoms with Crippen molar-refractivity contribution in [1.82, 2.24) is 14.7 Å². The molecule has 2 unspecified atom stereocenters. The first-order chi connectivity index (χ1) is 8.67. The lowest BCUT2D eigenvalue weighted by atomic mass is 9.89. The average molecular weight is 250 g/mol. The first-order valence-electron chi connectivity index (χ1n) is 7.11. The molecular formula is C14H26N4. The molecule has 18 heavy (non-hydrogen) atoms. The second kappa shape index (κ2) is 5.85. The SMILES string of the molecule is CCN1CCCCC(CN)C1c1cn(C)nc1C. The van der Waals surface area contributed by atoms with E-state index in [1.165, 1.54) is 31.4 Å². The molecule has 1 aromatic rings.